The summed E-state index contributed by atoms with van der Waals surface area (Å²) < 4.78 is 16.4. The van der Waals surface area contributed by atoms with Crippen molar-refractivity contribution in [3.63, 3.8) is 0 Å². The number of rotatable bonds is 9. The lowest BCUT2D eigenvalue weighted by molar-refractivity contribution is 0.0697. The minimum absolute atomic E-state index is 0.239. The Bertz CT molecular complexity index is 948. The number of aromatic carboxylic acids is 1. The fourth-order valence-electron chi connectivity index (χ4n) is 2.91. The van der Waals surface area contributed by atoms with E-state index in [1.165, 1.54) is 0 Å². The molecule has 0 aliphatic rings. The quantitative estimate of drug-likeness (QED) is 0.546. The molecule has 3 rings (SSSR count). The monoisotopic (exact) mass is 381 g/mol. The molecule has 2 N–H and O–H groups in total. The van der Waals surface area contributed by atoms with Crippen LogP contribution < -0.4 is 14.8 Å². The first-order valence-electron chi connectivity index (χ1n) is 8.95. The third-order valence-corrected chi connectivity index (χ3v) is 4.39. The topological polar surface area (TPSA) is 80.9 Å². The molecule has 0 atom stereocenters. The van der Waals surface area contributed by atoms with Gasteiger partial charge in [0.25, 0.3) is 0 Å². The van der Waals surface area contributed by atoms with E-state index in [4.69, 9.17) is 19.0 Å². The molecular formula is C22H23NO5. The summed E-state index contributed by atoms with van der Waals surface area (Å²) in [6.07, 6.45) is 0.842. The molecule has 1 aromatic heterocycles. The van der Waals surface area contributed by atoms with Crippen LogP contribution in [0.2, 0.25) is 0 Å². The number of carboxylic acid groups (broad SMARTS) is 1. The minimum atomic E-state index is -0.953. The van der Waals surface area contributed by atoms with Crippen LogP contribution in [-0.4, -0.2) is 31.8 Å². The van der Waals surface area contributed by atoms with Crippen molar-refractivity contribution in [1.29, 1.82) is 0 Å². The summed E-state index contributed by atoms with van der Waals surface area (Å²) in [7, 11) is 3.25. The third-order valence-electron chi connectivity index (χ3n) is 4.39. The van der Waals surface area contributed by atoms with Gasteiger partial charge in [-0.25, -0.2) is 4.79 Å². The molecule has 28 heavy (non-hydrogen) atoms. The summed E-state index contributed by atoms with van der Waals surface area (Å²) in [5.41, 5.74) is 2.13. The van der Waals surface area contributed by atoms with E-state index in [1.54, 1.807) is 32.4 Å². The van der Waals surface area contributed by atoms with Gasteiger partial charge in [0.15, 0.2) is 11.5 Å². The Morgan fingerprint density at radius 2 is 1.86 bits per heavy atom. The molecule has 0 radical (unpaired) electrons. The summed E-state index contributed by atoms with van der Waals surface area (Å²) in [5.74, 6) is 1.93. The molecule has 0 aliphatic carbocycles. The molecule has 2 aromatic carbocycles. The number of hydrogen-bond acceptors (Lipinski definition) is 5. The van der Waals surface area contributed by atoms with Crippen LogP contribution in [0.5, 0.6) is 11.5 Å². The first-order chi connectivity index (χ1) is 13.6. The number of ether oxygens (including phenoxy) is 2. The molecule has 0 unspecified atom stereocenters. The minimum Gasteiger partial charge on any atom is -0.493 e. The van der Waals surface area contributed by atoms with Crippen LogP contribution >= 0.6 is 0 Å². The van der Waals surface area contributed by atoms with E-state index < -0.39 is 5.97 Å². The highest BCUT2D eigenvalue weighted by molar-refractivity contribution is 5.89. The van der Waals surface area contributed by atoms with Gasteiger partial charge in [-0.15, -0.1) is 0 Å². The lowest BCUT2D eigenvalue weighted by Gasteiger charge is -2.09. The highest BCUT2D eigenvalue weighted by Crippen LogP contribution is 2.27. The van der Waals surface area contributed by atoms with E-state index in [0.29, 0.717) is 18.1 Å². The Hall–Kier alpha value is -3.25. The molecule has 3 aromatic rings. The maximum Gasteiger partial charge on any atom is 0.335 e. The van der Waals surface area contributed by atoms with E-state index in [9.17, 15) is 4.79 Å². The highest BCUT2D eigenvalue weighted by atomic mass is 16.5. The fourth-order valence-corrected chi connectivity index (χ4v) is 2.91. The van der Waals surface area contributed by atoms with Gasteiger partial charge in [0, 0.05) is 5.56 Å². The molecule has 1 heterocycles. The van der Waals surface area contributed by atoms with Gasteiger partial charge in [0.05, 0.1) is 26.3 Å². The summed E-state index contributed by atoms with van der Waals surface area (Å²) in [6.45, 7) is 1.37. The summed E-state index contributed by atoms with van der Waals surface area (Å²) in [4.78, 5) is 11.1. The third kappa shape index (κ3) is 4.72. The summed E-state index contributed by atoms with van der Waals surface area (Å²) >= 11 is 0. The molecular weight excluding hydrogens is 358 g/mol. The zero-order valence-electron chi connectivity index (χ0n) is 15.9. The number of hydrogen-bond donors (Lipinski definition) is 2. The molecule has 6 heteroatoms. The number of benzene rings is 2. The standard InChI is InChI=1S/C22H23NO5/c1-26-20-8-6-15(12-21(20)27-2)10-11-23-14-18-7-9-19(28-18)16-4-3-5-17(13-16)22(24)25/h3-9,12-13,23H,10-11,14H2,1-2H3,(H,24,25). The molecule has 6 nitrogen and oxygen atoms in total. The van der Waals surface area contributed by atoms with Crippen molar-refractivity contribution in [2.45, 2.75) is 13.0 Å². The first-order valence-corrected chi connectivity index (χ1v) is 8.95. The van der Waals surface area contributed by atoms with E-state index in [2.05, 4.69) is 5.32 Å². The van der Waals surface area contributed by atoms with Gasteiger partial charge < -0.3 is 24.3 Å². The Morgan fingerprint density at radius 1 is 1.04 bits per heavy atom. The van der Waals surface area contributed by atoms with Gasteiger partial charge >= 0.3 is 5.97 Å². The molecule has 0 saturated carbocycles. The summed E-state index contributed by atoms with van der Waals surface area (Å²) in [5, 5.41) is 12.5. The molecule has 0 fully saturated rings. The maximum atomic E-state index is 11.1. The molecule has 0 spiro atoms. The second-order valence-electron chi connectivity index (χ2n) is 6.27. The van der Waals surface area contributed by atoms with Gasteiger partial charge in [-0.1, -0.05) is 18.2 Å². The van der Waals surface area contributed by atoms with Crippen LogP contribution in [-0.2, 0) is 13.0 Å². The van der Waals surface area contributed by atoms with E-state index in [-0.39, 0.29) is 5.56 Å². The van der Waals surface area contributed by atoms with Crippen LogP contribution in [0, 0.1) is 0 Å². The van der Waals surface area contributed by atoms with Crippen LogP contribution in [0.25, 0.3) is 11.3 Å². The van der Waals surface area contributed by atoms with E-state index in [1.807, 2.05) is 36.4 Å². The second kappa shape index (κ2) is 9.10. The molecule has 146 valence electrons. The van der Waals surface area contributed by atoms with Crippen molar-refractivity contribution < 1.29 is 23.8 Å². The molecule has 0 saturated heterocycles. The Kier molecular flexibility index (Phi) is 6.34. The number of carbonyl (C=O) groups is 1. The van der Waals surface area contributed by atoms with Gasteiger partial charge in [0.2, 0.25) is 0 Å². The second-order valence-corrected chi connectivity index (χ2v) is 6.27. The SMILES string of the molecule is COc1ccc(CCNCc2ccc(-c3cccc(C(=O)O)c3)o2)cc1OC. The Labute approximate surface area is 163 Å². The van der Waals surface area contributed by atoms with Crippen molar-refractivity contribution in [3.8, 4) is 22.8 Å². The van der Waals surface area contributed by atoms with Crippen LogP contribution in [0.3, 0.4) is 0 Å². The number of methoxy groups -OCH3 is 2. The Morgan fingerprint density at radius 3 is 2.61 bits per heavy atom. The number of furan rings is 1. The number of carboxylic acids is 1. The normalized spacial score (nSPS) is 10.6. The number of nitrogens with one attached hydrogen (secondary N) is 1. The molecule has 0 bridgehead atoms. The van der Waals surface area contributed by atoms with Gasteiger partial charge in [-0.05, 0) is 54.9 Å². The zero-order chi connectivity index (χ0) is 19.9. The zero-order valence-corrected chi connectivity index (χ0v) is 15.9. The predicted octanol–water partition coefficient (Wildman–Crippen LogP) is 3.99. The van der Waals surface area contributed by atoms with Crippen LogP contribution in [0.1, 0.15) is 21.7 Å². The van der Waals surface area contributed by atoms with E-state index in [0.717, 1.165) is 35.6 Å². The van der Waals surface area contributed by atoms with Gasteiger partial charge in [-0.2, -0.15) is 0 Å². The van der Waals surface area contributed by atoms with Crippen molar-refractivity contribution in [2.24, 2.45) is 0 Å². The van der Waals surface area contributed by atoms with Crippen molar-refractivity contribution in [2.75, 3.05) is 20.8 Å². The van der Waals surface area contributed by atoms with Gasteiger partial charge in [-0.3, -0.25) is 0 Å². The average molecular weight is 381 g/mol. The van der Waals surface area contributed by atoms with Crippen LogP contribution in [0.15, 0.2) is 59.0 Å². The molecule has 0 amide bonds. The predicted molar refractivity (Wildman–Crippen MR) is 106 cm³/mol. The van der Waals surface area contributed by atoms with Crippen molar-refractivity contribution in [3.05, 3.63) is 71.5 Å². The lowest BCUT2D eigenvalue weighted by Crippen LogP contribution is -2.16. The smallest absolute Gasteiger partial charge is 0.335 e. The Balaban J connectivity index is 1.54. The molecule has 0 aliphatic heterocycles. The van der Waals surface area contributed by atoms with E-state index >= 15 is 0 Å². The maximum absolute atomic E-state index is 11.1. The van der Waals surface area contributed by atoms with Crippen LogP contribution in [0.4, 0.5) is 0 Å². The van der Waals surface area contributed by atoms with Crippen molar-refractivity contribution in [1.82, 2.24) is 5.32 Å². The lowest BCUT2D eigenvalue weighted by atomic mass is 10.1. The average Bonchev–Trinajstić information content (AvgIpc) is 3.20. The summed E-state index contributed by atoms with van der Waals surface area (Å²) in [6, 6.07) is 16.4. The van der Waals surface area contributed by atoms with Gasteiger partial charge in [0.1, 0.15) is 11.5 Å². The fraction of sp³-hybridized carbons (Fsp3) is 0.227. The highest BCUT2D eigenvalue weighted by Gasteiger charge is 2.09. The largest absolute Gasteiger partial charge is 0.493 e. The van der Waals surface area contributed by atoms with Crippen molar-refractivity contribution >= 4 is 5.97 Å². The first kappa shape index (κ1) is 19.5.